The second kappa shape index (κ2) is 3.52. The van der Waals surface area contributed by atoms with Gasteiger partial charge in [0.2, 0.25) is 11.6 Å². The fourth-order valence-corrected chi connectivity index (χ4v) is 2.49. The zero-order valence-electron chi connectivity index (χ0n) is 7.52. The first kappa shape index (κ1) is 10.5. The van der Waals surface area contributed by atoms with Gasteiger partial charge >= 0.3 is 5.69 Å². The molecule has 1 aliphatic rings. The van der Waals surface area contributed by atoms with Gasteiger partial charge in [-0.25, -0.2) is 0 Å². The number of nitro benzene ring substituents is 1. The largest absolute Gasteiger partial charge is 0.341 e. The molecular formula is C9H6BrF2NO2. The molecule has 0 bridgehead atoms. The van der Waals surface area contributed by atoms with Crippen LogP contribution in [0.4, 0.5) is 14.5 Å². The Morgan fingerprint density at radius 1 is 1.20 bits per heavy atom. The van der Waals surface area contributed by atoms with Crippen LogP contribution in [-0.4, -0.2) is 4.92 Å². The Labute approximate surface area is 92.4 Å². The van der Waals surface area contributed by atoms with Crippen molar-refractivity contribution in [2.24, 2.45) is 0 Å². The van der Waals surface area contributed by atoms with E-state index >= 15 is 0 Å². The van der Waals surface area contributed by atoms with Crippen LogP contribution < -0.4 is 0 Å². The molecule has 0 atom stereocenters. The average molecular weight is 278 g/mol. The highest BCUT2D eigenvalue weighted by Gasteiger charge is 2.32. The van der Waals surface area contributed by atoms with E-state index in [1.807, 2.05) is 0 Å². The summed E-state index contributed by atoms with van der Waals surface area (Å²) in [6.07, 6.45) is 1.69. The molecule has 1 aromatic rings. The topological polar surface area (TPSA) is 43.1 Å². The Kier molecular flexibility index (Phi) is 2.46. The number of hydrogen-bond acceptors (Lipinski definition) is 2. The molecule has 3 nitrogen and oxygen atoms in total. The Morgan fingerprint density at radius 2 is 1.80 bits per heavy atom. The van der Waals surface area contributed by atoms with E-state index in [1.165, 1.54) is 0 Å². The van der Waals surface area contributed by atoms with Crippen molar-refractivity contribution in [2.75, 3.05) is 0 Å². The van der Waals surface area contributed by atoms with Gasteiger partial charge in [0.25, 0.3) is 0 Å². The molecule has 0 N–H and O–H groups in total. The van der Waals surface area contributed by atoms with Crippen LogP contribution >= 0.6 is 15.9 Å². The van der Waals surface area contributed by atoms with Gasteiger partial charge in [0.15, 0.2) is 0 Å². The van der Waals surface area contributed by atoms with Gasteiger partial charge in [0.1, 0.15) is 0 Å². The molecule has 0 aliphatic heterocycles. The van der Waals surface area contributed by atoms with E-state index < -0.39 is 22.2 Å². The predicted molar refractivity (Wildman–Crippen MR) is 52.7 cm³/mol. The summed E-state index contributed by atoms with van der Waals surface area (Å²) in [7, 11) is 0. The van der Waals surface area contributed by atoms with Gasteiger partial charge < -0.3 is 0 Å². The van der Waals surface area contributed by atoms with E-state index in [-0.39, 0.29) is 10.0 Å². The van der Waals surface area contributed by atoms with Gasteiger partial charge in [-0.05, 0) is 46.3 Å². The fourth-order valence-electron chi connectivity index (χ4n) is 1.86. The first-order valence-corrected chi connectivity index (χ1v) is 5.16. The molecule has 0 heterocycles. The number of hydrogen-bond donors (Lipinski definition) is 0. The van der Waals surface area contributed by atoms with Gasteiger partial charge in [-0.2, -0.15) is 8.78 Å². The normalized spacial score (nSPS) is 14.1. The predicted octanol–water partition coefficient (Wildman–Crippen LogP) is 3.12. The molecule has 0 radical (unpaired) electrons. The Morgan fingerprint density at radius 3 is 2.40 bits per heavy atom. The van der Waals surface area contributed by atoms with Crippen molar-refractivity contribution in [1.29, 1.82) is 0 Å². The van der Waals surface area contributed by atoms with Crippen molar-refractivity contribution >= 4 is 21.6 Å². The summed E-state index contributed by atoms with van der Waals surface area (Å²) < 4.78 is 27.0. The molecule has 2 rings (SSSR count). The molecule has 15 heavy (non-hydrogen) atoms. The third-order valence-corrected chi connectivity index (χ3v) is 3.37. The molecule has 0 unspecified atom stereocenters. The Hall–Kier alpha value is -1.04. The van der Waals surface area contributed by atoms with E-state index in [1.54, 1.807) is 0 Å². The SMILES string of the molecule is O=[N+]([O-])c1c(F)c(Br)c2c(c1F)CCC2. The summed E-state index contributed by atoms with van der Waals surface area (Å²) in [5, 5.41) is 10.5. The summed E-state index contributed by atoms with van der Waals surface area (Å²) in [5.41, 5.74) is -0.256. The van der Waals surface area contributed by atoms with Crippen LogP contribution in [0.25, 0.3) is 0 Å². The van der Waals surface area contributed by atoms with E-state index in [2.05, 4.69) is 15.9 Å². The van der Waals surface area contributed by atoms with Gasteiger partial charge in [-0.15, -0.1) is 0 Å². The number of halogens is 3. The highest BCUT2D eigenvalue weighted by Crippen LogP contribution is 2.39. The number of nitrogens with zero attached hydrogens (tertiary/aromatic N) is 1. The van der Waals surface area contributed by atoms with Crippen LogP contribution in [0.15, 0.2) is 4.47 Å². The minimum atomic E-state index is -1.11. The van der Waals surface area contributed by atoms with Crippen LogP contribution in [0, 0.1) is 21.7 Å². The quantitative estimate of drug-likeness (QED) is 0.450. The maximum Gasteiger partial charge on any atom is 0.341 e. The molecule has 0 fully saturated rings. The molecule has 6 heteroatoms. The molecule has 0 amide bonds. The molecule has 0 saturated carbocycles. The monoisotopic (exact) mass is 277 g/mol. The summed E-state index contributed by atoms with van der Waals surface area (Å²) in [4.78, 5) is 9.48. The lowest BCUT2D eigenvalue weighted by Gasteiger charge is -2.06. The van der Waals surface area contributed by atoms with Crippen LogP contribution in [-0.2, 0) is 12.8 Å². The molecule has 80 valence electrons. The van der Waals surface area contributed by atoms with E-state index in [0.717, 1.165) is 0 Å². The number of nitro groups is 1. The van der Waals surface area contributed by atoms with E-state index in [0.29, 0.717) is 24.8 Å². The van der Waals surface area contributed by atoms with Crippen LogP contribution in [0.5, 0.6) is 0 Å². The molecular weight excluding hydrogens is 272 g/mol. The minimum Gasteiger partial charge on any atom is -0.258 e. The van der Waals surface area contributed by atoms with Crippen molar-refractivity contribution in [3.05, 3.63) is 37.3 Å². The number of benzene rings is 1. The van der Waals surface area contributed by atoms with Crippen molar-refractivity contribution in [3.63, 3.8) is 0 Å². The molecule has 1 aromatic carbocycles. The number of rotatable bonds is 1. The van der Waals surface area contributed by atoms with Crippen molar-refractivity contribution in [3.8, 4) is 0 Å². The Balaban J connectivity index is 2.79. The third kappa shape index (κ3) is 1.43. The van der Waals surface area contributed by atoms with E-state index in [9.17, 15) is 18.9 Å². The maximum atomic E-state index is 13.6. The summed E-state index contributed by atoms with van der Waals surface area (Å²) >= 11 is 2.94. The Bertz CT molecular complexity index is 462. The summed E-state index contributed by atoms with van der Waals surface area (Å²) in [5.74, 6) is -2.13. The van der Waals surface area contributed by atoms with Crippen molar-refractivity contribution in [1.82, 2.24) is 0 Å². The van der Waals surface area contributed by atoms with Crippen LogP contribution in [0.1, 0.15) is 17.5 Å². The van der Waals surface area contributed by atoms with Gasteiger partial charge in [0, 0.05) is 0 Å². The van der Waals surface area contributed by atoms with Gasteiger partial charge in [0.05, 0.1) is 9.40 Å². The van der Waals surface area contributed by atoms with Crippen LogP contribution in [0.3, 0.4) is 0 Å². The lowest BCUT2D eigenvalue weighted by atomic mass is 10.1. The minimum absolute atomic E-state index is 0.0306. The average Bonchev–Trinajstić information content (AvgIpc) is 2.62. The standard InChI is InChI=1S/C9H6BrF2NO2/c10-6-4-2-1-3-5(4)7(11)9(8(6)12)13(14)15/h1-3H2. The van der Waals surface area contributed by atoms with Crippen molar-refractivity contribution < 1.29 is 13.7 Å². The highest BCUT2D eigenvalue weighted by atomic mass is 79.9. The molecule has 1 aliphatic carbocycles. The van der Waals surface area contributed by atoms with Gasteiger partial charge in [-0.3, -0.25) is 10.1 Å². The maximum absolute atomic E-state index is 13.6. The smallest absolute Gasteiger partial charge is 0.258 e. The third-order valence-electron chi connectivity index (χ3n) is 2.54. The number of fused-ring (bicyclic) bond motifs is 1. The first-order chi connectivity index (χ1) is 7.04. The molecule has 0 aromatic heterocycles. The summed E-state index contributed by atoms with van der Waals surface area (Å²) in [6, 6.07) is 0. The van der Waals surface area contributed by atoms with Gasteiger partial charge in [-0.1, -0.05) is 0 Å². The highest BCUT2D eigenvalue weighted by molar-refractivity contribution is 9.10. The second-order valence-corrected chi connectivity index (χ2v) is 4.15. The zero-order valence-corrected chi connectivity index (χ0v) is 9.10. The summed E-state index contributed by atoms with van der Waals surface area (Å²) in [6.45, 7) is 0. The van der Waals surface area contributed by atoms with Crippen molar-refractivity contribution in [2.45, 2.75) is 19.3 Å². The lowest BCUT2D eigenvalue weighted by Crippen LogP contribution is -2.03. The molecule has 0 saturated heterocycles. The molecule has 0 spiro atoms. The van der Waals surface area contributed by atoms with E-state index in [4.69, 9.17) is 0 Å². The fraction of sp³-hybridized carbons (Fsp3) is 0.333. The first-order valence-electron chi connectivity index (χ1n) is 4.36. The zero-order chi connectivity index (χ0) is 11.2. The lowest BCUT2D eigenvalue weighted by molar-refractivity contribution is -0.390. The second-order valence-electron chi connectivity index (χ2n) is 3.36. The van der Waals surface area contributed by atoms with Crippen LogP contribution in [0.2, 0.25) is 0 Å².